The number of cyclic esters (lactones) is 1. The third kappa shape index (κ3) is 4.07. The Hall–Kier alpha value is -4.99. The fraction of sp³-hybridized carbons (Fsp3) is 0.0417. The molecule has 0 saturated carbocycles. The summed E-state index contributed by atoms with van der Waals surface area (Å²) >= 11 is 0. The molecule has 0 aliphatic carbocycles. The molecule has 34 heavy (non-hydrogen) atoms. The van der Waals surface area contributed by atoms with Gasteiger partial charge in [-0.25, -0.2) is 14.6 Å². The highest BCUT2D eigenvalue weighted by atomic mass is 16.7. The van der Waals surface area contributed by atoms with Crippen molar-refractivity contribution in [3.63, 3.8) is 0 Å². The first-order valence-electron chi connectivity index (χ1n) is 9.96. The summed E-state index contributed by atoms with van der Waals surface area (Å²) in [7, 11) is 0. The minimum atomic E-state index is -0.709. The number of ether oxygens (including phenoxy) is 4. The van der Waals surface area contributed by atoms with Gasteiger partial charge in [0.05, 0.1) is 10.5 Å². The Labute approximate surface area is 191 Å². The maximum atomic E-state index is 12.5. The van der Waals surface area contributed by atoms with Gasteiger partial charge in [-0.1, -0.05) is 18.2 Å². The lowest BCUT2D eigenvalue weighted by molar-refractivity contribution is -0.384. The molecule has 3 aromatic rings. The highest BCUT2D eigenvalue weighted by molar-refractivity contribution is 6.13. The van der Waals surface area contributed by atoms with E-state index in [9.17, 15) is 19.7 Å². The summed E-state index contributed by atoms with van der Waals surface area (Å²) in [5.41, 5.74) is 0.972. The van der Waals surface area contributed by atoms with Gasteiger partial charge in [0.1, 0.15) is 5.75 Å². The van der Waals surface area contributed by atoms with Crippen LogP contribution in [0.4, 0.5) is 5.69 Å². The van der Waals surface area contributed by atoms with E-state index in [4.69, 9.17) is 18.9 Å². The highest BCUT2D eigenvalue weighted by Crippen LogP contribution is 2.34. The van der Waals surface area contributed by atoms with Crippen molar-refractivity contribution in [1.29, 1.82) is 0 Å². The Balaban J connectivity index is 1.39. The Bertz CT molecular complexity index is 1390. The second-order valence-corrected chi connectivity index (χ2v) is 7.14. The summed E-state index contributed by atoms with van der Waals surface area (Å²) in [6.07, 6.45) is 1.45. The second kappa shape index (κ2) is 8.51. The number of nitro benzene ring substituents is 1. The van der Waals surface area contributed by atoms with Gasteiger partial charge in [-0.3, -0.25) is 10.1 Å². The average Bonchev–Trinajstić information content (AvgIpc) is 3.46. The van der Waals surface area contributed by atoms with Crippen molar-refractivity contribution < 1.29 is 33.5 Å². The van der Waals surface area contributed by atoms with E-state index in [0.717, 1.165) is 0 Å². The first-order valence-corrected chi connectivity index (χ1v) is 9.96. The number of nitro groups is 1. The molecule has 0 fully saturated rings. The highest BCUT2D eigenvalue weighted by Gasteiger charge is 2.26. The summed E-state index contributed by atoms with van der Waals surface area (Å²) in [5, 5.41) is 10.8. The fourth-order valence-electron chi connectivity index (χ4n) is 3.28. The molecule has 0 amide bonds. The zero-order valence-corrected chi connectivity index (χ0v) is 17.3. The number of esters is 2. The van der Waals surface area contributed by atoms with Crippen LogP contribution < -0.4 is 14.2 Å². The molecule has 0 saturated heterocycles. The van der Waals surface area contributed by atoms with Crippen molar-refractivity contribution in [3.8, 4) is 17.2 Å². The normalized spacial score (nSPS) is 15.1. The van der Waals surface area contributed by atoms with Crippen LogP contribution >= 0.6 is 0 Å². The molecule has 5 rings (SSSR count). The molecule has 10 nitrogen and oxygen atoms in total. The molecular weight excluding hydrogens is 444 g/mol. The minimum Gasteiger partial charge on any atom is -0.454 e. The van der Waals surface area contributed by atoms with Crippen molar-refractivity contribution in [3.05, 3.63) is 99.2 Å². The molecule has 2 heterocycles. The van der Waals surface area contributed by atoms with E-state index >= 15 is 0 Å². The summed E-state index contributed by atoms with van der Waals surface area (Å²) in [4.78, 5) is 39.4. The van der Waals surface area contributed by atoms with Crippen LogP contribution in [0.5, 0.6) is 17.2 Å². The molecule has 0 spiro atoms. The van der Waals surface area contributed by atoms with Crippen LogP contribution in [0.15, 0.2) is 77.4 Å². The number of non-ortho nitro benzene ring substituents is 1. The lowest BCUT2D eigenvalue weighted by atomic mass is 10.1. The Morgan fingerprint density at radius 1 is 1.03 bits per heavy atom. The van der Waals surface area contributed by atoms with E-state index in [1.807, 2.05) is 0 Å². The van der Waals surface area contributed by atoms with Gasteiger partial charge < -0.3 is 18.9 Å². The van der Waals surface area contributed by atoms with Crippen LogP contribution in [-0.2, 0) is 9.53 Å². The van der Waals surface area contributed by atoms with E-state index in [1.165, 1.54) is 30.3 Å². The number of aliphatic imine (C=N–C) groups is 1. The van der Waals surface area contributed by atoms with E-state index < -0.39 is 16.9 Å². The maximum absolute atomic E-state index is 12.5. The van der Waals surface area contributed by atoms with E-state index in [0.29, 0.717) is 22.6 Å². The van der Waals surface area contributed by atoms with Gasteiger partial charge in [-0.2, -0.15) is 0 Å². The zero-order valence-electron chi connectivity index (χ0n) is 17.3. The largest absolute Gasteiger partial charge is 0.454 e. The number of fused-ring (bicyclic) bond motifs is 1. The summed E-state index contributed by atoms with van der Waals surface area (Å²) in [6.45, 7) is 0.117. The summed E-state index contributed by atoms with van der Waals surface area (Å²) in [5.74, 6) is 0.0293. The molecule has 10 heteroatoms. The Morgan fingerprint density at radius 3 is 2.59 bits per heavy atom. The molecular formula is C24H14N2O8. The number of para-hydroxylation sites is 1. The number of nitrogens with zero attached hydrogens (tertiary/aromatic N) is 2. The molecule has 0 radical (unpaired) electrons. The Kier molecular flexibility index (Phi) is 5.23. The van der Waals surface area contributed by atoms with Crippen molar-refractivity contribution in [2.45, 2.75) is 0 Å². The number of carbonyl (C=O) groups is 2. The number of benzene rings is 3. The van der Waals surface area contributed by atoms with Crippen LogP contribution in [0.3, 0.4) is 0 Å². The van der Waals surface area contributed by atoms with Gasteiger partial charge >= 0.3 is 11.9 Å². The molecule has 0 aromatic heterocycles. The molecule has 168 valence electrons. The molecule has 2 aliphatic heterocycles. The lowest BCUT2D eigenvalue weighted by Crippen LogP contribution is -2.09. The second-order valence-electron chi connectivity index (χ2n) is 7.14. The van der Waals surface area contributed by atoms with Crippen molar-refractivity contribution in [2.24, 2.45) is 4.99 Å². The fourth-order valence-corrected chi connectivity index (χ4v) is 3.28. The number of hydrogen-bond donors (Lipinski definition) is 0. The van der Waals surface area contributed by atoms with Crippen molar-refractivity contribution in [1.82, 2.24) is 0 Å². The molecule has 3 aromatic carbocycles. The molecule has 0 bridgehead atoms. The van der Waals surface area contributed by atoms with Crippen LogP contribution in [0, 0.1) is 10.1 Å². The van der Waals surface area contributed by atoms with Gasteiger partial charge in [0.2, 0.25) is 12.7 Å². The van der Waals surface area contributed by atoms with Gasteiger partial charge in [-0.15, -0.1) is 0 Å². The van der Waals surface area contributed by atoms with Crippen LogP contribution in [0.1, 0.15) is 21.5 Å². The molecule has 0 N–H and O–H groups in total. The van der Waals surface area contributed by atoms with E-state index in [-0.39, 0.29) is 35.4 Å². The van der Waals surface area contributed by atoms with E-state index in [2.05, 4.69) is 4.99 Å². The minimum absolute atomic E-state index is 0.0199. The smallest absolute Gasteiger partial charge is 0.363 e. The molecule has 2 aliphatic rings. The SMILES string of the molecule is O=C1OC(c2ccc3c(c2)OCO3)=N/C1=C/c1ccccc1OC(=O)c1ccc([N+](=O)[O-])cc1. The summed E-state index contributed by atoms with van der Waals surface area (Å²) < 4.78 is 21.4. The van der Waals surface area contributed by atoms with Gasteiger partial charge in [0.15, 0.2) is 17.2 Å². The predicted molar refractivity (Wildman–Crippen MR) is 118 cm³/mol. The monoisotopic (exact) mass is 458 g/mol. The molecule has 0 unspecified atom stereocenters. The van der Waals surface area contributed by atoms with E-state index in [1.54, 1.807) is 42.5 Å². The first kappa shape index (κ1) is 20.9. The topological polar surface area (TPSA) is 127 Å². The van der Waals surface area contributed by atoms with Crippen LogP contribution in [-0.4, -0.2) is 29.6 Å². The molecule has 0 atom stereocenters. The standard InChI is InChI=1S/C24H14N2O8/c27-23(14-5-8-17(9-6-14)26(29)30)33-19-4-2-1-3-15(19)11-18-24(28)34-22(25-18)16-7-10-20-21(12-16)32-13-31-20/h1-12H,13H2/b18-11+. The van der Waals surface area contributed by atoms with Crippen molar-refractivity contribution in [2.75, 3.05) is 6.79 Å². The van der Waals surface area contributed by atoms with Gasteiger partial charge in [-0.05, 0) is 42.5 Å². The average molecular weight is 458 g/mol. The van der Waals surface area contributed by atoms with Crippen molar-refractivity contribution >= 4 is 29.6 Å². The van der Waals surface area contributed by atoms with Crippen LogP contribution in [0.25, 0.3) is 6.08 Å². The zero-order chi connectivity index (χ0) is 23.7. The number of hydrogen-bond acceptors (Lipinski definition) is 9. The van der Waals surface area contributed by atoms with Gasteiger partial charge in [0.25, 0.3) is 5.69 Å². The summed E-state index contributed by atoms with van der Waals surface area (Å²) in [6, 6.07) is 16.7. The van der Waals surface area contributed by atoms with Crippen LogP contribution in [0.2, 0.25) is 0 Å². The Morgan fingerprint density at radius 2 is 1.79 bits per heavy atom. The van der Waals surface area contributed by atoms with Gasteiger partial charge in [0, 0.05) is 23.3 Å². The lowest BCUT2D eigenvalue weighted by Gasteiger charge is -2.07. The third-order valence-electron chi connectivity index (χ3n) is 4.97. The first-order chi connectivity index (χ1) is 16.5. The predicted octanol–water partition coefficient (Wildman–Crippen LogP) is 3.89. The number of rotatable bonds is 5. The number of carbonyl (C=O) groups excluding carboxylic acids is 2. The quantitative estimate of drug-likeness (QED) is 0.185. The maximum Gasteiger partial charge on any atom is 0.363 e. The third-order valence-corrected chi connectivity index (χ3v) is 4.97.